The fraction of sp³-hybridized carbons (Fsp3) is 0.194. The van der Waals surface area contributed by atoms with Gasteiger partial charge in [0.15, 0.2) is 0 Å². The number of aromatic nitrogens is 2. The molecule has 1 fully saturated rings. The predicted molar refractivity (Wildman–Crippen MR) is 169 cm³/mol. The van der Waals surface area contributed by atoms with Gasteiger partial charge >= 0.3 is 12.0 Å². The number of benzene rings is 4. The molecule has 222 valence electrons. The smallest absolute Gasteiger partial charge is 0.320 e. The summed E-state index contributed by atoms with van der Waals surface area (Å²) >= 11 is 6.52. The van der Waals surface area contributed by atoms with Gasteiger partial charge in [-0.25, -0.2) is 4.98 Å². The number of ether oxygens (including phenoxy) is 2. The van der Waals surface area contributed by atoms with E-state index >= 15 is 0 Å². The lowest BCUT2D eigenvalue weighted by atomic mass is 10.0. The minimum absolute atomic E-state index is 0.0701. The third kappa shape index (κ3) is 6.91. The molecule has 6 rings (SSSR count). The average Bonchev–Trinajstić information content (AvgIpc) is 3.48. The Morgan fingerprint density at radius 2 is 1.43 bits per heavy atom. The van der Waals surface area contributed by atoms with Crippen molar-refractivity contribution in [3.05, 3.63) is 143 Å². The Kier molecular flexibility index (Phi) is 9.15. The van der Waals surface area contributed by atoms with Crippen molar-refractivity contribution >= 4 is 17.6 Å². The van der Waals surface area contributed by atoms with E-state index in [1.807, 2.05) is 114 Å². The first kappa shape index (κ1) is 29.4. The summed E-state index contributed by atoms with van der Waals surface area (Å²) in [5.41, 5.74) is 5.60. The van der Waals surface area contributed by atoms with Gasteiger partial charge in [-0.2, -0.15) is 4.98 Å². The van der Waals surface area contributed by atoms with Crippen molar-refractivity contribution in [3.8, 4) is 23.0 Å². The van der Waals surface area contributed by atoms with Crippen LogP contribution in [0, 0.1) is 0 Å². The van der Waals surface area contributed by atoms with Gasteiger partial charge in [0.2, 0.25) is 5.88 Å². The molecule has 5 aromatic rings. The van der Waals surface area contributed by atoms with Gasteiger partial charge in [-0.05, 0) is 46.7 Å². The number of likely N-dealkylation sites (tertiary alicyclic amines) is 1. The molecule has 0 unspecified atom stereocenters. The summed E-state index contributed by atoms with van der Waals surface area (Å²) in [4.78, 5) is 23.3. The first-order valence-corrected chi connectivity index (χ1v) is 15.0. The quantitative estimate of drug-likeness (QED) is 0.165. The van der Waals surface area contributed by atoms with Crippen LogP contribution in [0.2, 0.25) is 5.02 Å². The van der Waals surface area contributed by atoms with Crippen LogP contribution < -0.4 is 9.47 Å². The zero-order valence-corrected chi connectivity index (χ0v) is 24.8. The summed E-state index contributed by atoms with van der Waals surface area (Å²) in [6, 6.07) is 35.0. The second-order valence-corrected chi connectivity index (χ2v) is 11.2. The molecule has 2 atom stereocenters. The molecule has 0 aliphatic carbocycles. The second-order valence-electron chi connectivity index (χ2n) is 10.8. The van der Waals surface area contributed by atoms with E-state index in [0.717, 1.165) is 39.8 Å². The first-order valence-electron chi connectivity index (χ1n) is 14.6. The molecule has 1 aliphatic heterocycles. The summed E-state index contributed by atoms with van der Waals surface area (Å²) < 4.78 is 12.1. The Morgan fingerprint density at radius 3 is 2.09 bits per heavy atom. The van der Waals surface area contributed by atoms with E-state index in [2.05, 4.69) is 9.97 Å². The van der Waals surface area contributed by atoms with E-state index in [9.17, 15) is 9.90 Å². The SMILES string of the molecule is O=C(O)[C@@H]1CC[C@H](c2ccccc2Cl)N1Cc1ccc(-c2cnc(OCc3ccccc3)nc2OCc2ccccc2)cc1. The molecule has 7 nitrogen and oxygen atoms in total. The van der Waals surface area contributed by atoms with Crippen molar-refractivity contribution in [2.24, 2.45) is 0 Å². The zero-order chi connectivity index (χ0) is 30.3. The highest BCUT2D eigenvalue weighted by atomic mass is 35.5. The Balaban J connectivity index is 1.24. The molecule has 0 spiro atoms. The average molecular weight is 606 g/mol. The maximum absolute atomic E-state index is 12.1. The van der Waals surface area contributed by atoms with Gasteiger partial charge in [-0.15, -0.1) is 0 Å². The molecule has 2 heterocycles. The standard InChI is InChI=1S/C36H32ClN3O4/c37-31-14-8-7-13-29(31)32-19-20-33(35(41)42)40(32)22-25-15-17-28(18-16-25)30-21-38-36(44-24-27-11-5-2-6-12-27)39-34(30)43-23-26-9-3-1-4-10-26/h1-18,21,32-33H,19-20,22-24H2,(H,41,42)/t32-,33+/m1/s1. The topological polar surface area (TPSA) is 84.8 Å². The molecule has 0 radical (unpaired) electrons. The molecule has 44 heavy (non-hydrogen) atoms. The number of halogens is 1. The molecule has 0 saturated carbocycles. The Hall–Kier alpha value is -4.72. The number of carboxylic acid groups (broad SMARTS) is 1. The summed E-state index contributed by atoms with van der Waals surface area (Å²) in [5, 5.41) is 10.6. The summed E-state index contributed by atoms with van der Waals surface area (Å²) in [7, 11) is 0. The van der Waals surface area contributed by atoms with E-state index in [4.69, 9.17) is 21.1 Å². The normalized spacial score (nSPS) is 16.5. The van der Waals surface area contributed by atoms with Crippen LogP contribution in [0.4, 0.5) is 0 Å². The molecule has 1 aromatic heterocycles. The van der Waals surface area contributed by atoms with Crippen molar-refractivity contribution in [2.75, 3.05) is 0 Å². The van der Waals surface area contributed by atoms with Crippen LogP contribution >= 0.6 is 11.6 Å². The lowest BCUT2D eigenvalue weighted by Crippen LogP contribution is -2.37. The van der Waals surface area contributed by atoms with Crippen LogP contribution in [0.25, 0.3) is 11.1 Å². The molecule has 1 saturated heterocycles. The molecular weight excluding hydrogens is 574 g/mol. The van der Waals surface area contributed by atoms with Gasteiger partial charge in [0, 0.05) is 23.8 Å². The van der Waals surface area contributed by atoms with Crippen molar-refractivity contribution in [1.82, 2.24) is 14.9 Å². The van der Waals surface area contributed by atoms with Crippen LogP contribution in [-0.2, 0) is 24.6 Å². The van der Waals surface area contributed by atoms with E-state index in [1.54, 1.807) is 6.20 Å². The number of aliphatic carboxylic acids is 1. The number of carboxylic acids is 1. The van der Waals surface area contributed by atoms with Gasteiger partial charge in [0.25, 0.3) is 0 Å². The maximum atomic E-state index is 12.1. The zero-order valence-electron chi connectivity index (χ0n) is 24.1. The van der Waals surface area contributed by atoms with Gasteiger partial charge < -0.3 is 14.6 Å². The van der Waals surface area contributed by atoms with Crippen molar-refractivity contribution in [1.29, 1.82) is 0 Å². The number of rotatable bonds is 11. The summed E-state index contributed by atoms with van der Waals surface area (Å²) in [5.74, 6) is -0.396. The van der Waals surface area contributed by atoms with Gasteiger partial charge in [0.05, 0.1) is 5.56 Å². The second kappa shape index (κ2) is 13.7. The van der Waals surface area contributed by atoms with E-state index in [-0.39, 0.29) is 12.1 Å². The van der Waals surface area contributed by atoms with Gasteiger partial charge in [0.1, 0.15) is 19.3 Å². The van der Waals surface area contributed by atoms with E-state index in [1.165, 1.54) is 0 Å². The first-order chi connectivity index (χ1) is 21.5. The van der Waals surface area contributed by atoms with Crippen LogP contribution in [0.5, 0.6) is 11.9 Å². The third-order valence-electron chi connectivity index (χ3n) is 7.85. The highest BCUT2D eigenvalue weighted by Crippen LogP contribution is 2.40. The maximum Gasteiger partial charge on any atom is 0.320 e. The van der Waals surface area contributed by atoms with Crippen LogP contribution in [0.15, 0.2) is 115 Å². The molecular formula is C36H32ClN3O4. The van der Waals surface area contributed by atoms with Crippen molar-refractivity contribution < 1.29 is 19.4 Å². The lowest BCUT2D eigenvalue weighted by molar-refractivity contribution is -0.142. The fourth-order valence-corrected chi connectivity index (χ4v) is 5.87. The molecule has 0 amide bonds. The van der Waals surface area contributed by atoms with E-state index < -0.39 is 12.0 Å². The van der Waals surface area contributed by atoms with Crippen molar-refractivity contribution in [2.45, 2.75) is 44.7 Å². The Bertz CT molecular complexity index is 1700. The number of nitrogens with zero attached hydrogens (tertiary/aromatic N) is 3. The highest BCUT2D eigenvalue weighted by molar-refractivity contribution is 6.31. The Labute approximate surface area is 261 Å². The monoisotopic (exact) mass is 605 g/mol. The van der Waals surface area contributed by atoms with E-state index in [0.29, 0.717) is 37.1 Å². The highest BCUT2D eigenvalue weighted by Gasteiger charge is 2.39. The molecule has 8 heteroatoms. The largest absolute Gasteiger partial charge is 0.480 e. The number of carbonyl (C=O) groups is 1. The summed E-state index contributed by atoms with van der Waals surface area (Å²) in [6.07, 6.45) is 3.02. The number of hydrogen-bond acceptors (Lipinski definition) is 6. The molecule has 4 aromatic carbocycles. The molecule has 1 N–H and O–H groups in total. The number of hydrogen-bond donors (Lipinski definition) is 1. The van der Waals surface area contributed by atoms with Gasteiger partial charge in [-0.3, -0.25) is 9.69 Å². The third-order valence-corrected chi connectivity index (χ3v) is 8.20. The van der Waals surface area contributed by atoms with Crippen LogP contribution in [0.3, 0.4) is 0 Å². The van der Waals surface area contributed by atoms with Crippen LogP contribution in [-0.4, -0.2) is 32.0 Å². The van der Waals surface area contributed by atoms with Crippen molar-refractivity contribution in [3.63, 3.8) is 0 Å². The summed E-state index contributed by atoms with van der Waals surface area (Å²) in [6.45, 7) is 1.17. The predicted octanol–water partition coefficient (Wildman–Crippen LogP) is 7.75. The van der Waals surface area contributed by atoms with Crippen LogP contribution in [0.1, 0.15) is 41.1 Å². The molecule has 1 aliphatic rings. The minimum atomic E-state index is -0.817. The lowest BCUT2D eigenvalue weighted by Gasteiger charge is -2.29. The molecule has 0 bridgehead atoms. The fourth-order valence-electron chi connectivity index (χ4n) is 5.61. The van der Waals surface area contributed by atoms with Gasteiger partial charge in [-0.1, -0.05) is 115 Å². The Morgan fingerprint density at radius 1 is 0.795 bits per heavy atom. The minimum Gasteiger partial charge on any atom is -0.480 e.